The van der Waals surface area contributed by atoms with E-state index in [-0.39, 0.29) is 18.1 Å². The monoisotopic (exact) mass is 458 g/mol. The largest absolute Gasteiger partial charge is 0.457 e. The molecule has 172 valence electrons. The van der Waals surface area contributed by atoms with Gasteiger partial charge >= 0.3 is 6.18 Å². The number of allylic oxidation sites excluding steroid dienone is 1. The minimum Gasteiger partial charge on any atom is -0.457 e. The van der Waals surface area contributed by atoms with E-state index in [1.165, 1.54) is 12.1 Å². The number of carbonyl (C=O) groups is 1. The fraction of sp³-hybridized carbons (Fsp3) is 0.182. The molecule has 8 nitrogen and oxygen atoms in total. The van der Waals surface area contributed by atoms with Crippen LogP contribution in [-0.4, -0.2) is 36.0 Å². The van der Waals surface area contributed by atoms with Crippen molar-refractivity contribution in [1.82, 2.24) is 25.9 Å². The number of alkyl halides is 3. The van der Waals surface area contributed by atoms with Gasteiger partial charge in [0.25, 0.3) is 0 Å². The maximum absolute atomic E-state index is 12.9. The summed E-state index contributed by atoms with van der Waals surface area (Å²) in [5.41, 5.74) is 0.775. The van der Waals surface area contributed by atoms with E-state index in [1.807, 2.05) is 6.08 Å². The van der Waals surface area contributed by atoms with Gasteiger partial charge in [-0.05, 0) is 43.5 Å². The number of aromatic nitrogens is 2. The number of rotatable bonds is 7. The summed E-state index contributed by atoms with van der Waals surface area (Å²) in [4.78, 5) is 19.1. The summed E-state index contributed by atoms with van der Waals surface area (Å²) in [7, 11) is 1.68. The molecule has 0 atom stereocenters. The number of anilines is 2. The summed E-state index contributed by atoms with van der Waals surface area (Å²) in [5.74, 6) is 1.73. The van der Waals surface area contributed by atoms with Crippen molar-refractivity contribution in [3.63, 3.8) is 0 Å². The summed E-state index contributed by atoms with van der Waals surface area (Å²) in [6.45, 7) is 0.671. The summed E-state index contributed by atoms with van der Waals surface area (Å²) < 4.78 is 44.7. The molecule has 1 amide bonds. The highest BCUT2D eigenvalue weighted by Gasteiger charge is 2.30. The van der Waals surface area contributed by atoms with Gasteiger partial charge in [0.2, 0.25) is 11.9 Å². The standard InChI is InChI=1S/C22H21F3N6O2/c1-26-12-20(32)31-19-11-16(7-8-27-19)33-15-5-6-17-18(10-15)30-21(29-17)28-14-4-2-3-13(9-14)22(23,24)25/h2-7,9-11,26-27H,8,12H2,1H3,(H,31,32)(H2,28,29,30). The second-order valence-corrected chi connectivity index (χ2v) is 7.19. The Morgan fingerprint density at radius 3 is 2.85 bits per heavy atom. The summed E-state index contributed by atoms with van der Waals surface area (Å²) in [6.07, 6.45) is -0.925. The third-order valence-corrected chi connectivity index (χ3v) is 4.64. The third kappa shape index (κ3) is 5.63. The van der Waals surface area contributed by atoms with E-state index in [9.17, 15) is 18.0 Å². The molecule has 4 rings (SSSR count). The third-order valence-electron chi connectivity index (χ3n) is 4.64. The lowest BCUT2D eigenvalue weighted by Gasteiger charge is -2.17. The Labute approximate surface area is 186 Å². The van der Waals surface area contributed by atoms with Gasteiger partial charge in [0.15, 0.2) is 0 Å². The predicted molar refractivity (Wildman–Crippen MR) is 118 cm³/mol. The molecule has 1 aliphatic heterocycles. The molecule has 11 heteroatoms. The molecule has 0 spiro atoms. The molecule has 1 aromatic heterocycles. The highest BCUT2D eigenvalue weighted by atomic mass is 19.4. The highest BCUT2D eigenvalue weighted by Crippen LogP contribution is 2.31. The lowest BCUT2D eigenvalue weighted by atomic mass is 10.2. The van der Waals surface area contributed by atoms with Crippen LogP contribution in [-0.2, 0) is 11.0 Å². The average Bonchev–Trinajstić information content (AvgIpc) is 3.15. The minimum absolute atomic E-state index is 0.183. The second kappa shape index (κ2) is 9.25. The lowest BCUT2D eigenvalue weighted by Crippen LogP contribution is -2.37. The zero-order chi connectivity index (χ0) is 23.4. The number of imidazole rings is 1. The average molecular weight is 458 g/mol. The van der Waals surface area contributed by atoms with Crippen LogP contribution in [0.3, 0.4) is 0 Å². The number of dihydropyridines is 1. The number of H-pyrrole nitrogens is 1. The molecule has 33 heavy (non-hydrogen) atoms. The van der Waals surface area contributed by atoms with Gasteiger partial charge in [0.1, 0.15) is 17.3 Å². The van der Waals surface area contributed by atoms with E-state index in [2.05, 4.69) is 31.2 Å². The van der Waals surface area contributed by atoms with Gasteiger partial charge < -0.3 is 31.0 Å². The van der Waals surface area contributed by atoms with Gasteiger partial charge in [-0.1, -0.05) is 6.07 Å². The fourth-order valence-corrected chi connectivity index (χ4v) is 3.18. The van der Waals surface area contributed by atoms with Crippen molar-refractivity contribution in [2.75, 3.05) is 25.5 Å². The molecule has 0 radical (unpaired) electrons. The lowest BCUT2D eigenvalue weighted by molar-refractivity contribution is -0.137. The fourth-order valence-electron chi connectivity index (χ4n) is 3.18. The zero-order valence-corrected chi connectivity index (χ0v) is 17.5. The molecule has 3 aromatic rings. The van der Waals surface area contributed by atoms with E-state index in [1.54, 1.807) is 31.3 Å². The Hall–Kier alpha value is -3.99. The van der Waals surface area contributed by atoms with Crippen LogP contribution in [0, 0.1) is 0 Å². The first-order valence-electron chi connectivity index (χ1n) is 10.0. The maximum Gasteiger partial charge on any atom is 0.416 e. The Balaban J connectivity index is 1.47. The molecule has 0 bridgehead atoms. The molecule has 0 saturated carbocycles. The van der Waals surface area contributed by atoms with Crippen molar-refractivity contribution in [2.45, 2.75) is 6.18 Å². The molecule has 0 unspecified atom stereocenters. The normalized spacial score (nSPS) is 13.7. The smallest absolute Gasteiger partial charge is 0.416 e. The number of ether oxygens (including phenoxy) is 1. The first kappa shape index (κ1) is 22.2. The van der Waals surface area contributed by atoms with Crippen LogP contribution in [0.15, 0.2) is 66.2 Å². The van der Waals surface area contributed by atoms with Crippen LogP contribution >= 0.6 is 0 Å². The quantitative estimate of drug-likeness (QED) is 0.372. The summed E-state index contributed by atoms with van der Waals surface area (Å²) >= 11 is 0. The molecule has 0 saturated heterocycles. The maximum atomic E-state index is 12.9. The van der Waals surface area contributed by atoms with Crippen molar-refractivity contribution in [2.24, 2.45) is 0 Å². The number of hydrogen-bond donors (Lipinski definition) is 5. The van der Waals surface area contributed by atoms with Gasteiger partial charge in [-0.3, -0.25) is 4.79 Å². The first-order chi connectivity index (χ1) is 15.8. The van der Waals surface area contributed by atoms with E-state index in [0.717, 1.165) is 12.1 Å². The van der Waals surface area contributed by atoms with Crippen LogP contribution in [0.4, 0.5) is 24.8 Å². The van der Waals surface area contributed by atoms with Crippen molar-refractivity contribution in [1.29, 1.82) is 0 Å². The zero-order valence-electron chi connectivity index (χ0n) is 17.5. The van der Waals surface area contributed by atoms with Gasteiger partial charge in [0, 0.05) is 24.4 Å². The van der Waals surface area contributed by atoms with Gasteiger partial charge in [-0.25, -0.2) is 4.98 Å². The Morgan fingerprint density at radius 1 is 1.21 bits per heavy atom. The van der Waals surface area contributed by atoms with E-state index < -0.39 is 11.7 Å². The second-order valence-electron chi connectivity index (χ2n) is 7.19. The number of benzene rings is 2. The van der Waals surface area contributed by atoms with Crippen LogP contribution < -0.4 is 26.0 Å². The number of carbonyl (C=O) groups excluding carboxylic acids is 1. The van der Waals surface area contributed by atoms with Crippen molar-refractivity contribution >= 4 is 28.6 Å². The van der Waals surface area contributed by atoms with E-state index in [0.29, 0.717) is 40.9 Å². The Morgan fingerprint density at radius 2 is 2.06 bits per heavy atom. The molecule has 1 aliphatic rings. The van der Waals surface area contributed by atoms with Crippen molar-refractivity contribution < 1.29 is 22.7 Å². The number of nitrogens with zero attached hydrogens (tertiary/aromatic N) is 1. The van der Waals surface area contributed by atoms with Crippen LogP contribution in [0.25, 0.3) is 11.0 Å². The number of amides is 1. The first-order valence-corrected chi connectivity index (χ1v) is 10.0. The summed E-state index contributed by atoms with van der Waals surface area (Å²) in [6, 6.07) is 10.1. The summed E-state index contributed by atoms with van der Waals surface area (Å²) in [5, 5.41) is 11.4. The molecule has 5 N–H and O–H groups in total. The van der Waals surface area contributed by atoms with E-state index >= 15 is 0 Å². The molecule has 2 aromatic carbocycles. The van der Waals surface area contributed by atoms with Gasteiger partial charge in [-0.2, -0.15) is 13.2 Å². The number of aromatic amines is 1. The van der Waals surface area contributed by atoms with Crippen LogP contribution in [0.1, 0.15) is 5.56 Å². The Kier molecular flexibility index (Phi) is 6.22. The topological polar surface area (TPSA) is 103 Å². The molecular formula is C22H21F3N6O2. The number of likely N-dealkylation sites (N-methyl/N-ethyl adjacent to an activating group) is 1. The number of nitrogens with one attached hydrogen (secondary N) is 5. The number of fused-ring (bicyclic) bond motifs is 1. The molecular weight excluding hydrogens is 437 g/mol. The number of hydrogen-bond acceptors (Lipinski definition) is 6. The van der Waals surface area contributed by atoms with Gasteiger partial charge in [0.05, 0.1) is 23.1 Å². The number of halogens is 3. The predicted octanol–water partition coefficient (Wildman–Crippen LogP) is 3.37. The highest BCUT2D eigenvalue weighted by molar-refractivity contribution is 5.80. The van der Waals surface area contributed by atoms with Crippen LogP contribution in [0.2, 0.25) is 0 Å². The van der Waals surface area contributed by atoms with Crippen LogP contribution in [0.5, 0.6) is 5.75 Å². The SMILES string of the molecule is CNCC(=O)NC1=CC(Oc2ccc3nc(Nc4cccc(C(F)(F)F)c4)[nH]c3c2)=CCN1. The minimum atomic E-state index is -4.43. The Bertz CT molecular complexity index is 1230. The van der Waals surface area contributed by atoms with Crippen molar-refractivity contribution in [3.05, 3.63) is 71.8 Å². The van der Waals surface area contributed by atoms with Crippen molar-refractivity contribution in [3.8, 4) is 5.75 Å². The molecule has 2 heterocycles. The molecule has 0 aliphatic carbocycles. The van der Waals surface area contributed by atoms with E-state index in [4.69, 9.17) is 4.74 Å². The molecule has 0 fully saturated rings. The van der Waals surface area contributed by atoms with Gasteiger partial charge in [-0.15, -0.1) is 0 Å².